The lowest BCUT2D eigenvalue weighted by molar-refractivity contribution is 0.470. The molecule has 0 saturated carbocycles. The van der Waals surface area contributed by atoms with E-state index < -0.39 is 10.0 Å². The minimum absolute atomic E-state index is 0.0299. The maximum absolute atomic E-state index is 10.9. The van der Waals surface area contributed by atoms with E-state index >= 15 is 0 Å². The number of hydrogen-bond donors (Lipinski definition) is 2. The number of primary sulfonamides is 1. The van der Waals surface area contributed by atoms with E-state index in [0.29, 0.717) is 12.3 Å². The van der Waals surface area contributed by atoms with Crippen LogP contribution in [0.1, 0.15) is 5.76 Å². The maximum atomic E-state index is 10.9. The van der Waals surface area contributed by atoms with E-state index in [1.165, 1.54) is 6.07 Å². The van der Waals surface area contributed by atoms with Crippen molar-refractivity contribution in [2.75, 3.05) is 7.05 Å². The van der Waals surface area contributed by atoms with Gasteiger partial charge >= 0.3 is 0 Å². The number of sulfonamides is 1. The molecule has 0 aliphatic carbocycles. The quantitative estimate of drug-likeness (QED) is 0.832. The summed E-state index contributed by atoms with van der Waals surface area (Å²) in [6.45, 7) is 0.452. The Morgan fingerprint density at radius 3 is 2.69 bits per heavy atom. The van der Waals surface area contributed by atoms with E-state index in [1.54, 1.807) is 7.05 Å². The highest BCUT2D eigenvalue weighted by Crippen LogP contribution is 2.24. The number of hydrogen-bond acceptors (Lipinski definition) is 4. The highest BCUT2D eigenvalue weighted by Gasteiger charge is 2.17. The SMILES string of the molecule is CNCc1cc(S(N)(=O)=O)c(Br)o1. The van der Waals surface area contributed by atoms with Crippen LogP contribution in [0.2, 0.25) is 0 Å². The number of rotatable bonds is 3. The number of nitrogens with two attached hydrogens (primary N) is 1. The standard InChI is InChI=1S/C6H9BrN2O3S/c1-9-3-4-2-5(6(7)12-4)13(8,10)11/h2,9H,3H2,1H3,(H2,8,10,11). The van der Waals surface area contributed by atoms with Gasteiger partial charge in [0.2, 0.25) is 10.0 Å². The Morgan fingerprint density at radius 1 is 1.69 bits per heavy atom. The second-order valence-electron chi connectivity index (χ2n) is 2.43. The zero-order valence-corrected chi connectivity index (χ0v) is 9.28. The zero-order valence-electron chi connectivity index (χ0n) is 6.87. The molecule has 1 heterocycles. The van der Waals surface area contributed by atoms with Crippen molar-refractivity contribution in [3.05, 3.63) is 16.5 Å². The van der Waals surface area contributed by atoms with Crippen molar-refractivity contribution >= 4 is 26.0 Å². The highest BCUT2D eigenvalue weighted by atomic mass is 79.9. The summed E-state index contributed by atoms with van der Waals surface area (Å²) in [7, 11) is -1.97. The Balaban J connectivity index is 3.11. The average Bonchev–Trinajstić information content (AvgIpc) is 2.30. The Bertz CT molecular complexity index is 398. The first-order valence-electron chi connectivity index (χ1n) is 3.40. The largest absolute Gasteiger partial charge is 0.452 e. The van der Waals surface area contributed by atoms with Crippen molar-refractivity contribution < 1.29 is 12.8 Å². The van der Waals surface area contributed by atoms with Crippen LogP contribution in [-0.2, 0) is 16.6 Å². The third kappa shape index (κ3) is 2.53. The summed E-state index contributed by atoms with van der Waals surface area (Å²) in [4.78, 5) is -0.0299. The Morgan fingerprint density at radius 2 is 2.31 bits per heavy atom. The number of halogens is 1. The lowest BCUT2D eigenvalue weighted by atomic mass is 10.4. The molecule has 0 aliphatic heterocycles. The predicted octanol–water partition coefficient (Wildman–Crippen LogP) is 0.409. The lowest BCUT2D eigenvalue weighted by Gasteiger charge is -1.89. The molecule has 0 fully saturated rings. The van der Waals surface area contributed by atoms with E-state index in [9.17, 15) is 8.42 Å². The van der Waals surface area contributed by atoms with E-state index in [-0.39, 0.29) is 9.56 Å². The van der Waals surface area contributed by atoms with Gasteiger partial charge in [-0.15, -0.1) is 0 Å². The predicted molar refractivity (Wildman–Crippen MR) is 50.5 cm³/mol. The van der Waals surface area contributed by atoms with Gasteiger partial charge in [0.05, 0.1) is 6.54 Å². The summed E-state index contributed by atoms with van der Waals surface area (Å²) < 4.78 is 27.1. The van der Waals surface area contributed by atoms with Gasteiger partial charge in [-0.2, -0.15) is 0 Å². The van der Waals surface area contributed by atoms with Gasteiger partial charge in [0.15, 0.2) is 4.67 Å². The molecular formula is C6H9BrN2O3S. The van der Waals surface area contributed by atoms with Crippen molar-refractivity contribution in [1.29, 1.82) is 0 Å². The van der Waals surface area contributed by atoms with Crippen LogP contribution >= 0.6 is 15.9 Å². The Labute approximate surface area is 84.5 Å². The first-order chi connectivity index (χ1) is 5.95. The second kappa shape index (κ2) is 3.79. The van der Waals surface area contributed by atoms with Gasteiger partial charge in [0.1, 0.15) is 10.7 Å². The summed E-state index contributed by atoms with van der Waals surface area (Å²) in [5, 5.41) is 7.75. The topological polar surface area (TPSA) is 85.3 Å². The van der Waals surface area contributed by atoms with E-state index in [1.807, 2.05) is 0 Å². The summed E-state index contributed by atoms with van der Waals surface area (Å²) in [5.41, 5.74) is 0. The van der Waals surface area contributed by atoms with Crippen LogP contribution in [0, 0.1) is 0 Å². The monoisotopic (exact) mass is 268 g/mol. The molecule has 0 aliphatic rings. The molecule has 13 heavy (non-hydrogen) atoms. The van der Waals surface area contributed by atoms with Gasteiger partial charge in [-0.05, 0) is 23.0 Å². The van der Waals surface area contributed by atoms with Crippen LogP contribution in [0.15, 0.2) is 20.0 Å². The maximum Gasteiger partial charge on any atom is 0.242 e. The van der Waals surface area contributed by atoms with Crippen LogP contribution in [0.25, 0.3) is 0 Å². The van der Waals surface area contributed by atoms with Gasteiger partial charge < -0.3 is 9.73 Å². The average molecular weight is 269 g/mol. The van der Waals surface area contributed by atoms with Gasteiger partial charge in [0, 0.05) is 6.07 Å². The smallest absolute Gasteiger partial charge is 0.242 e. The molecule has 3 N–H and O–H groups in total. The van der Waals surface area contributed by atoms with Crippen LogP contribution in [0.5, 0.6) is 0 Å². The molecule has 0 atom stereocenters. The molecule has 1 aromatic rings. The van der Waals surface area contributed by atoms with Crippen molar-refractivity contribution in [3.63, 3.8) is 0 Å². The number of furan rings is 1. The molecule has 0 aromatic carbocycles. The van der Waals surface area contributed by atoms with Gasteiger partial charge in [0.25, 0.3) is 0 Å². The first kappa shape index (κ1) is 10.7. The summed E-state index contributed by atoms with van der Waals surface area (Å²) >= 11 is 2.97. The molecule has 0 radical (unpaired) electrons. The summed E-state index contributed by atoms with van der Waals surface area (Å²) in [6, 6.07) is 1.38. The van der Waals surface area contributed by atoms with Crippen molar-refractivity contribution in [1.82, 2.24) is 5.32 Å². The molecule has 0 bridgehead atoms. The molecular weight excluding hydrogens is 260 g/mol. The molecule has 0 unspecified atom stereocenters. The molecule has 1 aromatic heterocycles. The Kier molecular flexibility index (Phi) is 3.12. The third-order valence-corrected chi connectivity index (χ3v) is 3.13. The van der Waals surface area contributed by atoms with Crippen molar-refractivity contribution in [2.24, 2.45) is 5.14 Å². The van der Waals surface area contributed by atoms with Crippen molar-refractivity contribution in [2.45, 2.75) is 11.4 Å². The second-order valence-corrected chi connectivity index (χ2v) is 4.68. The fourth-order valence-electron chi connectivity index (χ4n) is 0.853. The number of nitrogens with one attached hydrogen (secondary N) is 1. The van der Waals surface area contributed by atoms with Gasteiger partial charge in [-0.3, -0.25) is 0 Å². The normalized spacial score (nSPS) is 11.9. The fraction of sp³-hybridized carbons (Fsp3) is 0.333. The summed E-state index contributed by atoms with van der Waals surface area (Å²) in [5.74, 6) is 0.512. The van der Waals surface area contributed by atoms with E-state index in [2.05, 4.69) is 21.2 Å². The van der Waals surface area contributed by atoms with Crippen LogP contribution in [-0.4, -0.2) is 15.5 Å². The molecule has 5 nitrogen and oxygen atoms in total. The lowest BCUT2D eigenvalue weighted by Crippen LogP contribution is -2.11. The van der Waals surface area contributed by atoms with Crippen LogP contribution in [0.4, 0.5) is 0 Å². The molecule has 74 valence electrons. The van der Waals surface area contributed by atoms with Gasteiger partial charge in [-0.1, -0.05) is 0 Å². The zero-order chi connectivity index (χ0) is 10.1. The van der Waals surface area contributed by atoms with E-state index in [0.717, 1.165) is 0 Å². The fourth-order valence-corrected chi connectivity index (χ4v) is 2.41. The molecule has 0 spiro atoms. The Hall–Kier alpha value is -0.370. The molecule has 7 heteroatoms. The van der Waals surface area contributed by atoms with Crippen LogP contribution < -0.4 is 10.5 Å². The third-order valence-electron chi connectivity index (χ3n) is 1.36. The first-order valence-corrected chi connectivity index (χ1v) is 5.74. The minimum atomic E-state index is -3.70. The van der Waals surface area contributed by atoms with Gasteiger partial charge in [-0.25, -0.2) is 13.6 Å². The molecule has 0 amide bonds. The van der Waals surface area contributed by atoms with Crippen molar-refractivity contribution in [3.8, 4) is 0 Å². The van der Waals surface area contributed by atoms with Crippen LogP contribution in [0.3, 0.4) is 0 Å². The molecule has 0 saturated heterocycles. The highest BCUT2D eigenvalue weighted by molar-refractivity contribution is 9.10. The summed E-state index contributed by atoms with van der Waals surface area (Å²) in [6.07, 6.45) is 0. The molecule has 1 rings (SSSR count). The minimum Gasteiger partial charge on any atom is -0.452 e. The van der Waals surface area contributed by atoms with E-state index in [4.69, 9.17) is 9.56 Å².